The van der Waals surface area contributed by atoms with E-state index in [1.165, 1.54) is 24.3 Å². The lowest BCUT2D eigenvalue weighted by molar-refractivity contribution is 0.168. The maximum absolute atomic E-state index is 8.88. The second-order valence-electron chi connectivity index (χ2n) is 4.76. The number of hydrogen-bond donors (Lipinski definition) is 0. The number of nitrogens with zero attached hydrogens (tertiary/aromatic N) is 1. The van der Waals surface area contributed by atoms with Gasteiger partial charge in [0.15, 0.2) is 0 Å². The summed E-state index contributed by atoms with van der Waals surface area (Å²) in [5, 5.41) is 8.88. The molecule has 92 valence electrons. The Balaban J connectivity index is 1.80. The van der Waals surface area contributed by atoms with E-state index in [4.69, 9.17) is 10.00 Å². The first-order valence-corrected chi connectivity index (χ1v) is 7.49. The summed E-state index contributed by atoms with van der Waals surface area (Å²) >= 11 is 2.04. The molecule has 0 saturated carbocycles. The molecule has 2 aliphatic rings. The summed E-state index contributed by atoms with van der Waals surface area (Å²) in [5.41, 5.74) is 1.71. The molecule has 1 saturated heterocycles. The second kappa shape index (κ2) is 5.07. The summed E-state index contributed by atoms with van der Waals surface area (Å²) in [6.45, 7) is 0. The summed E-state index contributed by atoms with van der Waals surface area (Å²) < 4.78 is 6.07. The van der Waals surface area contributed by atoms with Crippen molar-refractivity contribution < 1.29 is 4.74 Å². The van der Waals surface area contributed by atoms with E-state index in [0.717, 1.165) is 11.3 Å². The fraction of sp³-hybridized carbons (Fsp3) is 0.400. The third-order valence-corrected chi connectivity index (χ3v) is 4.65. The highest BCUT2D eigenvalue weighted by molar-refractivity contribution is 7.99. The van der Waals surface area contributed by atoms with Crippen LogP contribution in [0.1, 0.15) is 24.0 Å². The van der Waals surface area contributed by atoms with E-state index >= 15 is 0 Å². The second-order valence-corrected chi connectivity index (χ2v) is 5.98. The van der Waals surface area contributed by atoms with Gasteiger partial charge in [-0.2, -0.15) is 17.0 Å². The molecule has 2 aliphatic heterocycles. The molecule has 0 N–H and O–H groups in total. The zero-order chi connectivity index (χ0) is 12.4. The molecule has 2 nitrogen and oxygen atoms in total. The largest absolute Gasteiger partial charge is 0.485 e. The van der Waals surface area contributed by atoms with Crippen LogP contribution in [-0.4, -0.2) is 17.6 Å². The number of fused-ring (bicyclic) bond motifs is 1. The maximum atomic E-state index is 8.88. The number of thioether (sulfide) groups is 1. The Kier molecular flexibility index (Phi) is 3.29. The normalized spacial score (nSPS) is 22.9. The minimum atomic E-state index is 0.214. The Morgan fingerprint density at radius 1 is 1.28 bits per heavy atom. The van der Waals surface area contributed by atoms with Crippen molar-refractivity contribution in [1.29, 1.82) is 5.26 Å². The maximum Gasteiger partial charge on any atom is 0.127 e. The first-order chi connectivity index (χ1) is 8.86. The van der Waals surface area contributed by atoms with Gasteiger partial charge in [-0.25, -0.2) is 0 Å². The van der Waals surface area contributed by atoms with Crippen molar-refractivity contribution >= 4 is 17.8 Å². The molecule has 0 bridgehead atoms. The molecule has 18 heavy (non-hydrogen) atoms. The quantitative estimate of drug-likeness (QED) is 0.772. The molecule has 0 aromatic heterocycles. The molecule has 3 rings (SSSR count). The molecular weight excluding hydrogens is 242 g/mol. The fourth-order valence-corrected chi connectivity index (χ4v) is 3.68. The highest BCUT2D eigenvalue weighted by Crippen LogP contribution is 2.33. The predicted octanol–water partition coefficient (Wildman–Crippen LogP) is 3.48. The summed E-state index contributed by atoms with van der Waals surface area (Å²) in [6.07, 6.45) is 6.96. The van der Waals surface area contributed by atoms with Gasteiger partial charge in [0.25, 0.3) is 0 Å². The first-order valence-electron chi connectivity index (χ1n) is 6.33. The predicted molar refractivity (Wildman–Crippen MR) is 74.7 cm³/mol. The number of benzene rings is 1. The molecule has 0 amide bonds. The smallest absolute Gasteiger partial charge is 0.127 e. The van der Waals surface area contributed by atoms with Crippen LogP contribution in [0, 0.1) is 17.2 Å². The molecule has 1 aromatic carbocycles. The molecule has 1 aromatic rings. The third-order valence-electron chi connectivity index (χ3n) is 3.60. The Morgan fingerprint density at radius 2 is 2.11 bits per heavy atom. The van der Waals surface area contributed by atoms with Crippen LogP contribution in [0.15, 0.2) is 24.3 Å². The van der Waals surface area contributed by atoms with Crippen molar-refractivity contribution in [2.24, 2.45) is 5.92 Å². The van der Waals surface area contributed by atoms with Crippen LogP contribution >= 0.6 is 11.8 Å². The molecule has 1 fully saturated rings. The topological polar surface area (TPSA) is 33.0 Å². The van der Waals surface area contributed by atoms with E-state index in [1.54, 1.807) is 0 Å². The zero-order valence-corrected chi connectivity index (χ0v) is 11.0. The number of nitriles is 1. The number of ether oxygens (including phenoxy) is 1. The summed E-state index contributed by atoms with van der Waals surface area (Å²) in [4.78, 5) is 0. The molecule has 2 heterocycles. The van der Waals surface area contributed by atoms with E-state index in [2.05, 4.69) is 18.2 Å². The molecular formula is C15H15NOS. The standard InChI is InChI=1S/C15H15NOS/c16-10-11-1-3-15-13(9-11)2-4-14(17-15)12-5-7-18-8-6-12/h1-4,9,12,14H,5-8H2. The van der Waals surface area contributed by atoms with Gasteiger partial charge >= 0.3 is 0 Å². The van der Waals surface area contributed by atoms with Gasteiger partial charge in [0.2, 0.25) is 0 Å². The average Bonchev–Trinajstić information content (AvgIpc) is 2.47. The molecule has 3 heteroatoms. The summed E-state index contributed by atoms with van der Waals surface area (Å²) in [7, 11) is 0. The van der Waals surface area contributed by atoms with E-state index in [9.17, 15) is 0 Å². The van der Waals surface area contributed by atoms with Gasteiger partial charge in [0.1, 0.15) is 11.9 Å². The van der Waals surface area contributed by atoms with Crippen LogP contribution in [0.4, 0.5) is 0 Å². The van der Waals surface area contributed by atoms with Crippen LogP contribution in [0.5, 0.6) is 5.75 Å². The van der Waals surface area contributed by atoms with Crippen molar-refractivity contribution in [3.63, 3.8) is 0 Å². The van der Waals surface area contributed by atoms with Crippen LogP contribution < -0.4 is 4.74 Å². The monoisotopic (exact) mass is 257 g/mol. The van der Waals surface area contributed by atoms with Crippen molar-refractivity contribution in [1.82, 2.24) is 0 Å². The highest BCUT2D eigenvalue weighted by Gasteiger charge is 2.26. The Bertz CT molecular complexity index is 512. The minimum absolute atomic E-state index is 0.214. The zero-order valence-electron chi connectivity index (χ0n) is 10.1. The Labute approximate surface area is 112 Å². The van der Waals surface area contributed by atoms with Crippen LogP contribution in [-0.2, 0) is 0 Å². The van der Waals surface area contributed by atoms with Gasteiger partial charge in [-0.05, 0) is 48.6 Å². The van der Waals surface area contributed by atoms with E-state index in [-0.39, 0.29) is 6.10 Å². The highest BCUT2D eigenvalue weighted by atomic mass is 32.2. The van der Waals surface area contributed by atoms with Crippen molar-refractivity contribution in [3.8, 4) is 11.8 Å². The van der Waals surface area contributed by atoms with Crippen LogP contribution in [0.3, 0.4) is 0 Å². The minimum Gasteiger partial charge on any atom is -0.485 e. The fourth-order valence-electron chi connectivity index (χ4n) is 2.54. The van der Waals surface area contributed by atoms with Gasteiger partial charge in [0, 0.05) is 11.5 Å². The molecule has 1 unspecified atom stereocenters. The van der Waals surface area contributed by atoms with Crippen molar-refractivity contribution in [2.75, 3.05) is 11.5 Å². The number of rotatable bonds is 1. The third kappa shape index (κ3) is 2.26. The van der Waals surface area contributed by atoms with Crippen LogP contribution in [0.2, 0.25) is 0 Å². The molecule has 0 spiro atoms. The van der Waals surface area contributed by atoms with E-state index < -0.39 is 0 Å². The molecule has 0 radical (unpaired) electrons. The first kappa shape index (κ1) is 11.7. The van der Waals surface area contributed by atoms with Gasteiger partial charge in [0.05, 0.1) is 11.6 Å². The average molecular weight is 257 g/mol. The lowest BCUT2D eigenvalue weighted by atomic mass is 9.93. The van der Waals surface area contributed by atoms with E-state index in [1.807, 2.05) is 30.0 Å². The molecule has 1 atom stereocenters. The number of hydrogen-bond acceptors (Lipinski definition) is 3. The molecule has 0 aliphatic carbocycles. The van der Waals surface area contributed by atoms with Crippen LogP contribution in [0.25, 0.3) is 6.08 Å². The summed E-state index contributed by atoms with van der Waals surface area (Å²) in [6, 6.07) is 7.79. The SMILES string of the molecule is N#Cc1ccc2c(c1)C=CC(C1CCSCC1)O2. The van der Waals surface area contributed by atoms with Crippen molar-refractivity contribution in [2.45, 2.75) is 18.9 Å². The van der Waals surface area contributed by atoms with Gasteiger partial charge < -0.3 is 4.74 Å². The van der Waals surface area contributed by atoms with Gasteiger partial charge in [-0.15, -0.1) is 0 Å². The summed E-state index contributed by atoms with van der Waals surface area (Å²) in [5.74, 6) is 4.06. The van der Waals surface area contributed by atoms with E-state index in [0.29, 0.717) is 11.5 Å². The Hall–Kier alpha value is -1.40. The van der Waals surface area contributed by atoms with Gasteiger partial charge in [-0.3, -0.25) is 0 Å². The lowest BCUT2D eigenvalue weighted by Gasteiger charge is -2.31. The Morgan fingerprint density at radius 3 is 2.89 bits per heavy atom. The van der Waals surface area contributed by atoms with Crippen molar-refractivity contribution in [3.05, 3.63) is 35.4 Å². The lowest BCUT2D eigenvalue weighted by Crippen LogP contribution is -2.29. The van der Waals surface area contributed by atoms with Gasteiger partial charge in [-0.1, -0.05) is 6.08 Å².